The van der Waals surface area contributed by atoms with Crippen molar-refractivity contribution in [2.45, 2.75) is 58.1 Å². The zero-order valence-electron chi connectivity index (χ0n) is 18.9. The van der Waals surface area contributed by atoms with E-state index >= 15 is 0 Å². The highest BCUT2D eigenvalue weighted by Gasteiger charge is 2.47. The quantitative estimate of drug-likeness (QED) is 0.629. The third kappa shape index (κ3) is 4.38. The molecule has 1 heterocycles. The molecule has 0 amide bonds. The van der Waals surface area contributed by atoms with Gasteiger partial charge in [0, 0.05) is 18.8 Å². The first-order valence-electron chi connectivity index (χ1n) is 10.6. The zero-order valence-corrected chi connectivity index (χ0v) is 18.9. The van der Waals surface area contributed by atoms with Gasteiger partial charge in [-0.1, -0.05) is 48.5 Å². The number of carbonyl (C=O) groups excluding carboxylic acids is 1. The fourth-order valence-electron chi connectivity index (χ4n) is 4.46. The van der Waals surface area contributed by atoms with Crippen molar-refractivity contribution in [3.8, 4) is 5.75 Å². The SMILES string of the molecule is C/C=C1\N(C)C(C)CC1(c1ccccc1)c1cccc(OCC(=O)OC(C)(C)C)c1. The summed E-state index contributed by atoms with van der Waals surface area (Å²) in [5, 5.41) is 0. The molecule has 2 aromatic carbocycles. The van der Waals surface area contributed by atoms with Gasteiger partial charge in [0.15, 0.2) is 6.61 Å². The van der Waals surface area contributed by atoms with Crippen LogP contribution in [-0.2, 0) is 14.9 Å². The van der Waals surface area contributed by atoms with Crippen molar-refractivity contribution in [3.63, 3.8) is 0 Å². The molecule has 1 fully saturated rings. The summed E-state index contributed by atoms with van der Waals surface area (Å²) in [6.45, 7) is 9.82. The number of carbonyl (C=O) groups is 1. The maximum Gasteiger partial charge on any atom is 0.344 e. The molecule has 0 bridgehead atoms. The number of allylic oxidation sites excluding steroid dienone is 2. The normalized spacial score (nSPS) is 22.9. The summed E-state index contributed by atoms with van der Waals surface area (Å²) in [5.41, 5.74) is 2.93. The molecule has 4 heteroatoms. The molecule has 0 aromatic heterocycles. The summed E-state index contributed by atoms with van der Waals surface area (Å²) in [4.78, 5) is 14.4. The predicted octanol–water partition coefficient (Wildman–Crippen LogP) is 5.32. The highest BCUT2D eigenvalue weighted by atomic mass is 16.6. The molecule has 2 aromatic rings. The highest BCUT2D eigenvalue weighted by Crippen LogP contribution is 2.50. The molecule has 0 spiro atoms. The number of ether oxygens (including phenoxy) is 2. The van der Waals surface area contributed by atoms with Gasteiger partial charge in [-0.05, 0) is 64.3 Å². The summed E-state index contributed by atoms with van der Waals surface area (Å²) in [7, 11) is 2.16. The fraction of sp³-hybridized carbons (Fsp3) is 0.423. The van der Waals surface area contributed by atoms with E-state index < -0.39 is 5.60 Å². The first-order valence-corrected chi connectivity index (χ1v) is 10.6. The molecule has 0 radical (unpaired) electrons. The number of esters is 1. The van der Waals surface area contributed by atoms with Crippen molar-refractivity contribution >= 4 is 5.97 Å². The van der Waals surface area contributed by atoms with Gasteiger partial charge in [-0.2, -0.15) is 0 Å². The van der Waals surface area contributed by atoms with Crippen molar-refractivity contribution in [1.82, 2.24) is 4.90 Å². The number of hydrogen-bond acceptors (Lipinski definition) is 4. The van der Waals surface area contributed by atoms with E-state index in [1.54, 1.807) is 0 Å². The van der Waals surface area contributed by atoms with Gasteiger partial charge in [0.1, 0.15) is 11.4 Å². The van der Waals surface area contributed by atoms with E-state index in [9.17, 15) is 4.79 Å². The number of rotatable bonds is 5. The highest BCUT2D eigenvalue weighted by molar-refractivity contribution is 5.71. The second kappa shape index (κ2) is 8.55. The predicted molar refractivity (Wildman–Crippen MR) is 121 cm³/mol. The van der Waals surface area contributed by atoms with Crippen LogP contribution in [0.3, 0.4) is 0 Å². The lowest BCUT2D eigenvalue weighted by molar-refractivity contribution is -0.157. The molecule has 0 aliphatic carbocycles. The Morgan fingerprint density at radius 1 is 1.13 bits per heavy atom. The van der Waals surface area contributed by atoms with E-state index in [1.165, 1.54) is 16.8 Å². The Bertz CT molecular complexity index is 913. The molecule has 2 atom stereocenters. The Morgan fingerprint density at radius 3 is 2.43 bits per heavy atom. The summed E-state index contributed by atoms with van der Waals surface area (Å²) < 4.78 is 11.2. The first kappa shape index (κ1) is 21.9. The van der Waals surface area contributed by atoms with Crippen LogP contribution in [0.2, 0.25) is 0 Å². The molecule has 4 nitrogen and oxygen atoms in total. The van der Waals surface area contributed by atoms with Crippen molar-refractivity contribution in [1.29, 1.82) is 0 Å². The van der Waals surface area contributed by atoms with Gasteiger partial charge in [0.25, 0.3) is 0 Å². The minimum absolute atomic E-state index is 0.105. The van der Waals surface area contributed by atoms with Crippen molar-refractivity contribution in [3.05, 3.63) is 77.5 Å². The van der Waals surface area contributed by atoms with Crippen LogP contribution in [0, 0.1) is 0 Å². The molecular formula is C26H33NO3. The number of likely N-dealkylation sites (N-methyl/N-ethyl adjacent to an activating group) is 1. The van der Waals surface area contributed by atoms with Crippen LogP contribution in [0.25, 0.3) is 0 Å². The Kier molecular flexibility index (Phi) is 6.25. The van der Waals surface area contributed by atoms with Gasteiger partial charge in [0.05, 0.1) is 5.41 Å². The van der Waals surface area contributed by atoms with E-state index in [0.29, 0.717) is 11.8 Å². The maximum atomic E-state index is 12.1. The smallest absolute Gasteiger partial charge is 0.344 e. The lowest BCUT2D eigenvalue weighted by atomic mass is 9.70. The Morgan fingerprint density at radius 2 is 1.80 bits per heavy atom. The van der Waals surface area contributed by atoms with Crippen LogP contribution >= 0.6 is 0 Å². The van der Waals surface area contributed by atoms with E-state index in [2.05, 4.69) is 74.3 Å². The molecule has 3 rings (SSSR count). The average Bonchev–Trinajstić information content (AvgIpc) is 2.97. The molecule has 30 heavy (non-hydrogen) atoms. The number of hydrogen-bond donors (Lipinski definition) is 0. The third-order valence-corrected chi connectivity index (χ3v) is 5.72. The van der Waals surface area contributed by atoms with E-state index in [-0.39, 0.29) is 18.0 Å². The molecule has 0 saturated carbocycles. The van der Waals surface area contributed by atoms with Gasteiger partial charge in [-0.3, -0.25) is 0 Å². The number of benzene rings is 2. The second-order valence-corrected chi connectivity index (χ2v) is 9.01. The topological polar surface area (TPSA) is 38.8 Å². The molecule has 160 valence electrons. The van der Waals surface area contributed by atoms with E-state index in [4.69, 9.17) is 9.47 Å². The van der Waals surface area contributed by atoms with Gasteiger partial charge in [-0.15, -0.1) is 0 Å². The Hall–Kier alpha value is -2.75. The summed E-state index contributed by atoms with van der Waals surface area (Å²) in [6, 6.07) is 19.2. The van der Waals surface area contributed by atoms with Crippen LogP contribution in [0.5, 0.6) is 5.75 Å². The fourth-order valence-corrected chi connectivity index (χ4v) is 4.46. The van der Waals surface area contributed by atoms with Crippen molar-refractivity contribution in [2.24, 2.45) is 0 Å². The maximum absolute atomic E-state index is 12.1. The zero-order chi connectivity index (χ0) is 21.9. The monoisotopic (exact) mass is 407 g/mol. The second-order valence-electron chi connectivity index (χ2n) is 9.01. The standard InChI is InChI=1S/C26H33NO3/c1-7-23-26(17-19(2)27(23)6,20-12-9-8-10-13-20)21-14-11-15-22(16-21)29-18-24(28)30-25(3,4)5/h7-16,19H,17-18H2,1-6H3/b23-7-. The minimum atomic E-state index is -0.523. The molecule has 1 aliphatic heterocycles. The minimum Gasteiger partial charge on any atom is -0.482 e. The van der Waals surface area contributed by atoms with Crippen LogP contribution in [0.15, 0.2) is 66.4 Å². The summed E-state index contributed by atoms with van der Waals surface area (Å²) in [5.74, 6) is 0.306. The van der Waals surface area contributed by atoms with Crippen LogP contribution in [0.1, 0.15) is 52.2 Å². The lowest BCUT2D eigenvalue weighted by Crippen LogP contribution is -2.29. The largest absolute Gasteiger partial charge is 0.482 e. The molecule has 1 saturated heterocycles. The van der Waals surface area contributed by atoms with E-state index in [0.717, 1.165) is 6.42 Å². The van der Waals surface area contributed by atoms with Gasteiger partial charge in [-0.25, -0.2) is 4.79 Å². The Labute approximate surface area is 180 Å². The number of nitrogens with zero attached hydrogens (tertiary/aromatic N) is 1. The van der Waals surface area contributed by atoms with Crippen molar-refractivity contribution in [2.75, 3.05) is 13.7 Å². The molecule has 2 unspecified atom stereocenters. The lowest BCUT2D eigenvalue weighted by Gasteiger charge is -2.33. The third-order valence-electron chi connectivity index (χ3n) is 5.72. The average molecular weight is 408 g/mol. The molecule has 0 N–H and O–H groups in total. The van der Waals surface area contributed by atoms with Crippen LogP contribution in [0.4, 0.5) is 0 Å². The van der Waals surface area contributed by atoms with Gasteiger partial charge < -0.3 is 14.4 Å². The molecule has 1 aliphatic rings. The van der Waals surface area contributed by atoms with E-state index in [1.807, 2.05) is 32.9 Å². The Balaban J connectivity index is 1.97. The van der Waals surface area contributed by atoms with Gasteiger partial charge in [0.2, 0.25) is 0 Å². The molecular weight excluding hydrogens is 374 g/mol. The van der Waals surface area contributed by atoms with Crippen molar-refractivity contribution < 1.29 is 14.3 Å². The van der Waals surface area contributed by atoms with Gasteiger partial charge >= 0.3 is 5.97 Å². The first-order chi connectivity index (χ1) is 14.2. The number of likely N-dealkylation sites (tertiary alicyclic amines) is 1. The summed E-state index contributed by atoms with van der Waals surface area (Å²) in [6.07, 6.45) is 3.19. The van der Waals surface area contributed by atoms with Crippen LogP contribution < -0.4 is 4.74 Å². The van der Waals surface area contributed by atoms with Crippen LogP contribution in [-0.4, -0.2) is 36.2 Å². The summed E-state index contributed by atoms with van der Waals surface area (Å²) >= 11 is 0.